The van der Waals surface area contributed by atoms with Gasteiger partial charge >= 0.3 is 0 Å². The average Bonchev–Trinajstić information content (AvgIpc) is 2.82. The number of carbonyl (C=O) groups excluding carboxylic acids is 1. The Kier molecular flexibility index (Phi) is 3.77. The first-order valence-corrected chi connectivity index (χ1v) is 7.04. The van der Waals surface area contributed by atoms with E-state index in [-0.39, 0.29) is 5.91 Å². The number of benzene rings is 2. The Labute approximate surface area is 133 Å². The van der Waals surface area contributed by atoms with E-state index >= 15 is 0 Å². The van der Waals surface area contributed by atoms with Crippen molar-refractivity contribution in [2.45, 2.75) is 0 Å². The van der Waals surface area contributed by atoms with Gasteiger partial charge in [0.15, 0.2) is 0 Å². The highest BCUT2D eigenvalue weighted by Gasteiger charge is 2.24. The summed E-state index contributed by atoms with van der Waals surface area (Å²) in [6.07, 6.45) is 1.79. The molecule has 0 aromatic heterocycles. The molecule has 1 aliphatic rings. The summed E-state index contributed by atoms with van der Waals surface area (Å²) < 4.78 is 10.5. The highest BCUT2D eigenvalue weighted by molar-refractivity contribution is 6.36. The molecular weight excluding hydrogens is 302 g/mol. The zero-order valence-electron chi connectivity index (χ0n) is 12.1. The highest BCUT2D eigenvalue weighted by atomic mass is 35.5. The summed E-state index contributed by atoms with van der Waals surface area (Å²) in [5.41, 5.74) is 2.93. The van der Waals surface area contributed by atoms with Crippen LogP contribution < -0.4 is 14.8 Å². The van der Waals surface area contributed by atoms with Gasteiger partial charge in [-0.1, -0.05) is 11.6 Å². The number of carbonyl (C=O) groups is 1. The van der Waals surface area contributed by atoms with Crippen molar-refractivity contribution < 1.29 is 14.3 Å². The summed E-state index contributed by atoms with van der Waals surface area (Å²) in [6, 6.07) is 10.8. The molecule has 0 aliphatic carbocycles. The first kappa shape index (κ1) is 14.5. The second-order valence-corrected chi connectivity index (χ2v) is 5.28. The molecule has 0 atom stereocenters. The topological polar surface area (TPSA) is 47.6 Å². The van der Waals surface area contributed by atoms with Crippen LogP contribution in [0.15, 0.2) is 36.4 Å². The third-order valence-electron chi connectivity index (χ3n) is 3.45. The normalized spacial score (nSPS) is 14.7. The van der Waals surface area contributed by atoms with Gasteiger partial charge in [0, 0.05) is 27.9 Å². The molecule has 1 heterocycles. The van der Waals surface area contributed by atoms with Gasteiger partial charge in [0.1, 0.15) is 11.5 Å². The minimum Gasteiger partial charge on any atom is -0.497 e. The maximum atomic E-state index is 12.2. The fourth-order valence-electron chi connectivity index (χ4n) is 2.38. The molecule has 5 heteroatoms. The van der Waals surface area contributed by atoms with E-state index in [9.17, 15) is 4.79 Å². The van der Waals surface area contributed by atoms with Crippen LogP contribution in [0.3, 0.4) is 0 Å². The van der Waals surface area contributed by atoms with Crippen LogP contribution in [0.1, 0.15) is 11.1 Å². The molecule has 2 aromatic carbocycles. The Hall–Kier alpha value is -2.46. The molecule has 4 nitrogen and oxygen atoms in total. The van der Waals surface area contributed by atoms with Gasteiger partial charge in [-0.25, -0.2) is 0 Å². The molecule has 2 aromatic rings. The number of hydrogen-bond donors (Lipinski definition) is 1. The number of ether oxygens (including phenoxy) is 2. The average molecular weight is 316 g/mol. The number of halogens is 1. The van der Waals surface area contributed by atoms with Gasteiger partial charge < -0.3 is 14.8 Å². The van der Waals surface area contributed by atoms with Crippen LogP contribution >= 0.6 is 11.6 Å². The van der Waals surface area contributed by atoms with E-state index in [0.717, 1.165) is 16.8 Å². The van der Waals surface area contributed by atoms with Gasteiger partial charge in [0.2, 0.25) is 0 Å². The lowest BCUT2D eigenvalue weighted by Gasteiger charge is -2.06. The number of nitrogens with one attached hydrogen (secondary N) is 1. The summed E-state index contributed by atoms with van der Waals surface area (Å²) in [5.74, 6) is 1.17. The summed E-state index contributed by atoms with van der Waals surface area (Å²) >= 11 is 6.03. The maximum absolute atomic E-state index is 12.2. The van der Waals surface area contributed by atoms with Gasteiger partial charge in [-0.05, 0) is 42.0 Å². The number of fused-ring (bicyclic) bond motifs is 1. The highest BCUT2D eigenvalue weighted by Crippen LogP contribution is 2.35. The van der Waals surface area contributed by atoms with Gasteiger partial charge in [0.25, 0.3) is 5.91 Å². The molecule has 1 N–H and O–H groups in total. The summed E-state index contributed by atoms with van der Waals surface area (Å²) in [4.78, 5) is 12.2. The largest absolute Gasteiger partial charge is 0.497 e. The van der Waals surface area contributed by atoms with Crippen molar-refractivity contribution >= 4 is 34.8 Å². The monoisotopic (exact) mass is 315 g/mol. The second kappa shape index (κ2) is 5.73. The van der Waals surface area contributed by atoms with Crippen molar-refractivity contribution in [2.24, 2.45) is 0 Å². The molecule has 0 spiro atoms. The molecule has 22 heavy (non-hydrogen) atoms. The summed E-state index contributed by atoms with van der Waals surface area (Å²) in [5, 5.41) is 3.41. The number of amides is 1. The molecular formula is C17H14ClNO3. The van der Waals surface area contributed by atoms with Crippen molar-refractivity contribution in [2.75, 3.05) is 19.5 Å². The van der Waals surface area contributed by atoms with Crippen LogP contribution in [-0.2, 0) is 4.79 Å². The molecule has 112 valence electrons. The van der Waals surface area contributed by atoms with E-state index in [1.165, 1.54) is 0 Å². The van der Waals surface area contributed by atoms with Crippen LogP contribution in [0.4, 0.5) is 5.69 Å². The number of anilines is 1. The molecule has 0 saturated carbocycles. The van der Waals surface area contributed by atoms with E-state index in [4.69, 9.17) is 21.1 Å². The first-order chi connectivity index (χ1) is 10.6. The first-order valence-electron chi connectivity index (χ1n) is 6.67. The van der Waals surface area contributed by atoms with E-state index in [2.05, 4.69) is 5.32 Å². The van der Waals surface area contributed by atoms with Crippen molar-refractivity contribution in [1.82, 2.24) is 0 Å². The lowest BCUT2D eigenvalue weighted by Crippen LogP contribution is -2.03. The van der Waals surface area contributed by atoms with Crippen LogP contribution in [0.25, 0.3) is 11.6 Å². The Morgan fingerprint density at radius 1 is 1.05 bits per heavy atom. The Morgan fingerprint density at radius 3 is 2.36 bits per heavy atom. The van der Waals surface area contributed by atoms with E-state index in [1.807, 2.05) is 12.1 Å². The smallest absolute Gasteiger partial charge is 0.256 e. The van der Waals surface area contributed by atoms with Crippen LogP contribution in [0.5, 0.6) is 11.5 Å². The van der Waals surface area contributed by atoms with Gasteiger partial charge in [-0.3, -0.25) is 4.79 Å². The molecule has 0 saturated heterocycles. The van der Waals surface area contributed by atoms with Crippen molar-refractivity contribution in [3.8, 4) is 11.5 Å². The molecule has 0 radical (unpaired) electrons. The van der Waals surface area contributed by atoms with E-state index < -0.39 is 0 Å². The fourth-order valence-corrected chi connectivity index (χ4v) is 2.56. The maximum Gasteiger partial charge on any atom is 0.256 e. The SMILES string of the molecule is COc1cc(/C=C2/C(=O)Nc3ccc(Cl)cc32)cc(OC)c1. The number of hydrogen-bond acceptors (Lipinski definition) is 3. The fraction of sp³-hybridized carbons (Fsp3) is 0.118. The molecule has 3 rings (SSSR count). The van der Waals surface area contributed by atoms with Crippen LogP contribution in [0, 0.1) is 0 Å². The van der Waals surface area contributed by atoms with Gasteiger partial charge in [0.05, 0.1) is 14.2 Å². The van der Waals surface area contributed by atoms with Gasteiger partial charge in [-0.15, -0.1) is 0 Å². The van der Waals surface area contributed by atoms with E-state index in [0.29, 0.717) is 22.1 Å². The minimum atomic E-state index is -0.154. The molecule has 0 bridgehead atoms. The Bertz CT molecular complexity index is 761. The second-order valence-electron chi connectivity index (χ2n) is 4.85. The zero-order chi connectivity index (χ0) is 15.7. The minimum absolute atomic E-state index is 0.154. The standard InChI is InChI=1S/C17H14ClNO3/c1-21-12-5-10(6-13(9-12)22-2)7-15-14-8-11(18)3-4-16(14)19-17(15)20/h3-9H,1-2H3,(H,19,20)/b15-7+. The van der Waals surface area contributed by atoms with E-state index in [1.54, 1.807) is 44.6 Å². The summed E-state index contributed by atoms with van der Waals surface area (Å²) in [6.45, 7) is 0. The van der Waals surface area contributed by atoms with Crippen LogP contribution in [0.2, 0.25) is 5.02 Å². The summed E-state index contributed by atoms with van der Waals surface area (Å²) in [7, 11) is 3.17. The molecule has 1 amide bonds. The molecule has 1 aliphatic heterocycles. The predicted octanol–water partition coefficient (Wildman–Crippen LogP) is 3.85. The van der Waals surface area contributed by atoms with Gasteiger partial charge in [-0.2, -0.15) is 0 Å². The quantitative estimate of drug-likeness (QED) is 0.875. The zero-order valence-corrected chi connectivity index (χ0v) is 12.9. The third kappa shape index (κ3) is 2.65. The molecule has 0 unspecified atom stereocenters. The molecule has 0 fully saturated rings. The number of rotatable bonds is 3. The predicted molar refractivity (Wildman–Crippen MR) is 87.5 cm³/mol. The third-order valence-corrected chi connectivity index (χ3v) is 3.68. The van der Waals surface area contributed by atoms with Crippen LogP contribution in [-0.4, -0.2) is 20.1 Å². The van der Waals surface area contributed by atoms with Crippen molar-refractivity contribution in [3.05, 3.63) is 52.5 Å². The number of methoxy groups -OCH3 is 2. The Morgan fingerprint density at radius 2 is 1.73 bits per heavy atom. The lowest BCUT2D eigenvalue weighted by molar-refractivity contribution is -0.110. The lowest BCUT2D eigenvalue weighted by atomic mass is 10.0. The van der Waals surface area contributed by atoms with Crippen molar-refractivity contribution in [3.63, 3.8) is 0 Å². The Balaban J connectivity index is 2.10. The van der Waals surface area contributed by atoms with Crippen molar-refractivity contribution in [1.29, 1.82) is 0 Å².